The smallest absolute Gasteiger partial charge is 0.0473 e. The molecule has 0 radical (unpaired) electrons. The fourth-order valence-corrected chi connectivity index (χ4v) is 1.75. The molecule has 2 heteroatoms. The Balaban J connectivity index is 2.63. The second kappa shape index (κ2) is 7.29. The topological polar surface area (TPSA) is 23.5 Å². The van der Waals surface area contributed by atoms with Crippen molar-refractivity contribution in [3.05, 3.63) is 30.3 Å². The van der Waals surface area contributed by atoms with Crippen molar-refractivity contribution in [1.82, 2.24) is 0 Å². The summed E-state index contributed by atoms with van der Waals surface area (Å²) < 4.78 is 0. The molecule has 0 fully saturated rings. The van der Waals surface area contributed by atoms with E-state index in [1.165, 1.54) is 18.5 Å². The van der Waals surface area contributed by atoms with Gasteiger partial charge < -0.3 is 10.0 Å². The predicted octanol–water partition coefficient (Wildman–Crippen LogP) is 2.92. The van der Waals surface area contributed by atoms with E-state index in [-0.39, 0.29) is 6.61 Å². The maximum Gasteiger partial charge on any atom is 0.0473 e. The molecule has 1 N–H and O–H groups in total. The third kappa shape index (κ3) is 4.23. The zero-order valence-corrected chi connectivity index (χ0v) is 10.4. The maximum absolute atomic E-state index is 9.13. The lowest BCUT2D eigenvalue weighted by Crippen LogP contribution is -2.30. The standard InChI is InChI=1S/C14H23NO/c1-3-4-10-15(11-13(2)12-16)14-8-6-5-7-9-14/h5-9,13,16H,3-4,10-12H2,1-2H3. The lowest BCUT2D eigenvalue weighted by atomic mass is 10.1. The first-order valence-corrected chi connectivity index (χ1v) is 6.18. The average molecular weight is 221 g/mol. The molecule has 0 bridgehead atoms. The normalized spacial score (nSPS) is 12.4. The summed E-state index contributed by atoms with van der Waals surface area (Å²) in [5, 5.41) is 9.13. The van der Waals surface area contributed by atoms with Gasteiger partial charge in [-0.1, -0.05) is 38.5 Å². The average Bonchev–Trinajstić information content (AvgIpc) is 2.35. The molecule has 0 saturated carbocycles. The van der Waals surface area contributed by atoms with Gasteiger partial charge in [0.15, 0.2) is 0 Å². The van der Waals surface area contributed by atoms with Crippen molar-refractivity contribution in [2.24, 2.45) is 5.92 Å². The van der Waals surface area contributed by atoms with E-state index < -0.39 is 0 Å². The minimum Gasteiger partial charge on any atom is -0.396 e. The van der Waals surface area contributed by atoms with Crippen molar-refractivity contribution in [1.29, 1.82) is 0 Å². The number of benzene rings is 1. The van der Waals surface area contributed by atoms with E-state index in [0.717, 1.165) is 13.1 Å². The molecule has 0 heterocycles. The molecular weight excluding hydrogens is 198 g/mol. The van der Waals surface area contributed by atoms with Crippen molar-refractivity contribution in [3.63, 3.8) is 0 Å². The molecule has 0 aromatic heterocycles. The van der Waals surface area contributed by atoms with Crippen LogP contribution in [0.4, 0.5) is 5.69 Å². The first-order chi connectivity index (χ1) is 7.77. The molecule has 0 amide bonds. The van der Waals surface area contributed by atoms with Crippen LogP contribution in [0.15, 0.2) is 30.3 Å². The first-order valence-electron chi connectivity index (χ1n) is 6.18. The van der Waals surface area contributed by atoms with Crippen LogP contribution in [0.5, 0.6) is 0 Å². The highest BCUT2D eigenvalue weighted by Crippen LogP contribution is 2.15. The van der Waals surface area contributed by atoms with Gasteiger partial charge in [-0.2, -0.15) is 0 Å². The fraction of sp³-hybridized carbons (Fsp3) is 0.571. The Morgan fingerprint density at radius 3 is 2.50 bits per heavy atom. The number of anilines is 1. The Kier molecular flexibility index (Phi) is 5.94. The Morgan fingerprint density at radius 1 is 1.25 bits per heavy atom. The largest absolute Gasteiger partial charge is 0.396 e. The van der Waals surface area contributed by atoms with E-state index in [9.17, 15) is 0 Å². The van der Waals surface area contributed by atoms with E-state index in [1.54, 1.807) is 0 Å². The number of nitrogens with zero attached hydrogens (tertiary/aromatic N) is 1. The molecule has 16 heavy (non-hydrogen) atoms. The lowest BCUT2D eigenvalue weighted by molar-refractivity contribution is 0.239. The van der Waals surface area contributed by atoms with Gasteiger partial charge in [0.25, 0.3) is 0 Å². The number of hydrogen-bond donors (Lipinski definition) is 1. The number of hydrogen-bond acceptors (Lipinski definition) is 2. The molecule has 1 atom stereocenters. The van der Waals surface area contributed by atoms with Crippen LogP contribution in [-0.2, 0) is 0 Å². The highest BCUT2D eigenvalue weighted by molar-refractivity contribution is 5.45. The number of aliphatic hydroxyl groups is 1. The van der Waals surface area contributed by atoms with Crippen LogP contribution < -0.4 is 4.90 Å². The minimum atomic E-state index is 0.259. The van der Waals surface area contributed by atoms with Gasteiger partial charge in [-0.25, -0.2) is 0 Å². The van der Waals surface area contributed by atoms with Crippen molar-refractivity contribution >= 4 is 5.69 Å². The van der Waals surface area contributed by atoms with Crippen molar-refractivity contribution in [2.45, 2.75) is 26.7 Å². The monoisotopic (exact) mass is 221 g/mol. The molecule has 90 valence electrons. The van der Waals surface area contributed by atoms with Gasteiger partial charge in [-0.3, -0.25) is 0 Å². The molecular formula is C14H23NO. The van der Waals surface area contributed by atoms with Crippen LogP contribution in [-0.4, -0.2) is 24.8 Å². The molecule has 0 aliphatic heterocycles. The highest BCUT2D eigenvalue weighted by atomic mass is 16.3. The molecule has 1 rings (SSSR count). The van der Waals surface area contributed by atoms with Crippen LogP contribution in [0.1, 0.15) is 26.7 Å². The molecule has 0 aliphatic carbocycles. The molecule has 0 saturated heterocycles. The number of aliphatic hydroxyl groups excluding tert-OH is 1. The Bertz CT molecular complexity index is 273. The summed E-state index contributed by atoms with van der Waals surface area (Å²) in [4.78, 5) is 2.37. The number of rotatable bonds is 7. The highest BCUT2D eigenvalue weighted by Gasteiger charge is 2.09. The van der Waals surface area contributed by atoms with Crippen molar-refractivity contribution < 1.29 is 5.11 Å². The summed E-state index contributed by atoms with van der Waals surface area (Å²) in [5.41, 5.74) is 1.26. The summed E-state index contributed by atoms with van der Waals surface area (Å²) in [7, 11) is 0. The number of para-hydroxylation sites is 1. The van der Waals surface area contributed by atoms with Crippen LogP contribution in [0.2, 0.25) is 0 Å². The third-order valence-corrected chi connectivity index (χ3v) is 2.75. The zero-order chi connectivity index (χ0) is 11.8. The van der Waals surface area contributed by atoms with Crippen molar-refractivity contribution in [3.8, 4) is 0 Å². The van der Waals surface area contributed by atoms with Gasteiger partial charge in [0.1, 0.15) is 0 Å². The van der Waals surface area contributed by atoms with Gasteiger partial charge >= 0.3 is 0 Å². The van der Waals surface area contributed by atoms with E-state index in [1.807, 2.05) is 6.07 Å². The summed E-state index contributed by atoms with van der Waals surface area (Å²) in [5.74, 6) is 0.331. The quantitative estimate of drug-likeness (QED) is 0.765. The number of unbranched alkanes of at least 4 members (excludes halogenated alkanes) is 1. The summed E-state index contributed by atoms with van der Waals surface area (Å²) >= 11 is 0. The molecule has 1 unspecified atom stereocenters. The Morgan fingerprint density at radius 2 is 1.94 bits per heavy atom. The van der Waals surface area contributed by atoms with Crippen LogP contribution in [0.3, 0.4) is 0 Å². The third-order valence-electron chi connectivity index (χ3n) is 2.75. The summed E-state index contributed by atoms with van der Waals surface area (Å²) in [6.07, 6.45) is 2.41. The summed E-state index contributed by atoms with van der Waals surface area (Å²) in [6, 6.07) is 10.5. The maximum atomic E-state index is 9.13. The van der Waals surface area contributed by atoms with Gasteiger partial charge in [0.05, 0.1) is 0 Å². The molecule has 0 aliphatic rings. The predicted molar refractivity (Wildman–Crippen MR) is 69.8 cm³/mol. The Hall–Kier alpha value is -1.02. The van der Waals surface area contributed by atoms with Gasteiger partial charge in [0, 0.05) is 25.4 Å². The molecule has 1 aromatic rings. The Labute approximate surface area is 98.9 Å². The van der Waals surface area contributed by atoms with Crippen molar-refractivity contribution in [2.75, 3.05) is 24.6 Å². The van der Waals surface area contributed by atoms with Gasteiger partial charge in [-0.05, 0) is 24.5 Å². The van der Waals surface area contributed by atoms with E-state index in [4.69, 9.17) is 5.11 Å². The van der Waals surface area contributed by atoms with Crippen LogP contribution in [0.25, 0.3) is 0 Å². The van der Waals surface area contributed by atoms with E-state index in [2.05, 4.69) is 43.0 Å². The summed E-state index contributed by atoms with van der Waals surface area (Å²) in [6.45, 7) is 6.56. The van der Waals surface area contributed by atoms with E-state index >= 15 is 0 Å². The SMILES string of the molecule is CCCCN(CC(C)CO)c1ccccc1. The first kappa shape index (κ1) is 13.0. The lowest BCUT2D eigenvalue weighted by Gasteiger charge is -2.27. The fourth-order valence-electron chi connectivity index (χ4n) is 1.75. The second-order valence-corrected chi connectivity index (χ2v) is 4.42. The van der Waals surface area contributed by atoms with Crippen LogP contribution >= 0.6 is 0 Å². The molecule has 0 spiro atoms. The van der Waals surface area contributed by atoms with Gasteiger partial charge in [-0.15, -0.1) is 0 Å². The second-order valence-electron chi connectivity index (χ2n) is 4.42. The van der Waals surface area contributed by atoms with Gasteiger partial charge in [0.2, 0.25) is 0 Å². The minimum absolute atomic E-state index is 0.259. The van der Waals surface area contributed by atoms with Crippen LogP contribution in [0, 0.1) is 5.92 Å². The zero-order valence-electron chi connectivity index (χ0n) is 10.4. The van der Waals surface area contributed by atoms with E-state index in [0.29, 0.717) is 5.92 Å². The molecule has 2 nitrogen and oxygen atoms in total. The molecule has 1 aromatic carbocycles.